The van der Waals surface area contributed by atoms with Gasteiger partial charge >= 0.3 is 9.05 Å². The highest BCUT2D eigenvalue weighted by Crippen LogP contribution is 2.23. The molecule has 13 heteroatoms. The number of hydrogen-bond acceptors (Lipinski definition) is 12. The summed E-state index contributed by atoms with van der Waals surface area (Å²) in [4.78, 5) is 0. The average molecular weight is 1000 g/mol. The molecule has 0 aliphatic heterocycles. The van der Waals surface area contributed by atoms with E-state index in [4.69, 9.17) is 55.6 Å². The van der Waals surface area contributed by atoms with Crippen LogP contribution in [0.5, 0.6) is 0 Å². The molecular weight excluding hydrogens is 893 g/mol. The number of rotatable bonds is 48. The summed E-state index contributed by atoms with van der Waals surface area (Å²) >= 11 is 0. The van der Waals surface area contributed by atoms with Gasteiger partial charge in [-0.3, -0.25) is 0 Å². The molecule has 69 heavy (non-hydrogen) atoms. The fraction of sp³-hybridized carbons (Fsp3) is 0.857. The van der Waals surface area contributed by atoms with Crippen molar-refractivity contribution >= 4 is 9.05 Å². The number of hydrogen-bond donors (Lipinski definition) is 0. The van der Waals surface area contributed by atoms with Crippen molar-refractivity contribution in [2.45, 2.75) is 237 Å². The first kappa shape index (κ1) is 67.7. The van der Waals surface area contributed by atoms with Crippen molar-refractivity contribution < 1.29 is 55.6 Å². The molecule has 0 aromatic carbocycles. The summed E-state index contributed by atoms with van der Waals surface area (Å²) in [6.45, 7) is 38.6. The molecule has 0 saturated carbocycles. The van der Waals surface area contributed by atoms with Crippen LogP contribution in [-0.2, 0) is 55.6 Å². The third-order valence-electron chi connectivity index (χ3n) is 11.1. The Kier molecular flexibility index (Phi) is 43.4. The highest BCUT2D eigenvalue weighted by Gasteiger charge is 2.51. The lowest BCUT2D eigenvalue weighted by atomic mass is 10.1. The first-order chi connectivity index (χ1) is 33.1. The molecule has 0 saturated heterocycles. The molecule has 408 valence electrons. The van der Waals surface area contributed by atoms with Crippen LogP contribution >= 0.6 is 0 Å². The largest absolute Gasteiger partial charge is 0.680 e. The zero-order valence-electron chi connectivity index (χ0n) is 47.3. The van der Waals surface area contributed by atoms with E-state index in [1.165, 1.54) is 22.3 Å². The normalized spacial score (nSPS) is 17.6. The number of ether oxygens (including phenoxy) is 8. The second kappa shape index (κ2) is 44.2. The monoisotopic (exact) mass is 1000 g/mol. The third-order valence-corrected chi connectivity index (χ3v) is 13.9. The fourth-order valence-corrected chi connectivity index (χ4v) is 9.30. The molecule has 0 aliphatic rings. The van der Waals surface area contributed by atoms with E-state index >= 15 is 0 Å². The van der Waals surface area contributed by atoms with Crippen LogP contribution in [-0.4, -0.2) is 137 Å². The van der Waals surface area contributed by atoms with E-state index in [0.717, 1.165) is 77.0 Å². The van der Waals surface area contributed by atoms with Crippen molar-refractivity contribution in [1.82, 2.24) is 0 Å². The summed E-state index contributed by atoms with van der Waals surface area (Å²) in [6.07, 6.45) is 19.2. The maximum atomic E-state index is 6.87. The predicted molar refractivity (Wildman–Crippen MR) is 286 cm³/mol. The average Bonchev–Trinajstić information content (AvgIpc) is 3.32. The Labute approximate surface area is 425 Å². The minimum Gasteiger partial charge on any atom is -0.374 e. The van der Waals surface area contributed by atoms with Crippen molar-refractivity contribution in [1.29, 1.82) is 0 Å². The third kappa shape index (κ3) is 37.1. The van der Waals surface area contributed by atoms with Gasteiger partial charge in [0, 0.05) is 0 Å². The molecule has 0 aliphatic carbocycles. The molecule has 0 bridgehead atoms. The summed E-state index contributed by atoms with van der Waals surface area (Å²) in [5.41, 5.74) is 5.24. The molecule has 8 unspecified atom stereocenters. The Balaban J connectivity index is 6.35. The summed E-state index contributed by atoms with van der Waals surface area (Å²) < 4.78 is 77.0. The van der Waals surface area contributed by atoms with Crippen LogP contribution in [0.15, 0.2) is 46.6 Å². The lowest BCUT2D eigenvalue weighted by molar-refractivity contribution is -0.142. The van der Waals surface area contributed by atoms with E-state index in [2.05, 4.69) is 79.7 Å². The van der Waals surface area contributed by atoms with Crippen molar-refractivity contribution in [3.05, 3.63) is 46.6 Å². The van der Waals surface area contributed by atoms with Crippen LogP contribution in [0.1, 0.15) is 188 Å². The Morgan fingerprint density at radius 3 is 0.681 bits per heavy atom. The van der Waals surface area contributed by atoms with E-state index in [-0.39, 0.29) is 50.8 Å². The Bertz CT molecular complexity index is 1130. The van der Waals surface area contributed by atoms with E-state index in [9.17, 15) is 0 Å². The van der Waals surface area contributed by atoms with Crippen molar-refractivity contribution in [2.75, 3.05) is 79.3 Å². The highest BCUT2D eigenvalue weighted by atomic mass is 28.4. The maximum absolute atomic E-state index is 6.87. The molecule has 0 spiro atoms. The van der Waals surface area contributed by atoms with E-state index in [1.807, 2.05) is 55.4 Å². The van der Waals surface area contributed by atoms with Gasteiger partial charge in [-0.25, -0.2) is 0 Å². The molecule has 0 radical (unpaired) electrons. The maximum Gasteiger partial charge on any atom is 0.680 e. The summed E-state index contributed by atoms with van der Waals surface area (Å²) in [5.74, 6) is 0. The summed E-state index contributed by atoms with van der Waals surface area (Å²) in [7, 11) is -4.04. The minimum atomic E-state index is -4.04. The number of allylic oxidation sites excluding steroid dienone is 4. The first-order valence-electron chi connectivity index (χ1n) is 27.3. The standard InChI is InChI=1S/C56H108O12Si/c1-17-25-29-53(21-5)41-57-33-45(9)61-37-49(13)65-69(66-50(14)38-62-46(10)34-58-42-54(22-6)30-26-18-2,67-51(15)39-63-47(11)35-59-43-55(23-7)31-27-19-3)68-52(16)40-64-48(12)36-60-44-56(24-8)32-28-20-4/h29-32,45-52H,17-28,33-44H2,1-16H3. The molecule has 0 fully saturated rings. The molecule has 0 aromatic heterocycles. The molecule has 0 N–H and O–H groups in total. The van der Waals surface area contributed by atoms with Crippen LogP contribution in [0, 0.1) is 0 Å². The van der Waals surface area contributed by atoms with Gasteiger partial charge in [-0.2, -0.15) is 0 Å². The van der Waals surface area contributed by atoms with Crippen LogP contribution in [0.3, 0.4) is 0 Å². The minimum absolute atomic E-state index is 0.163. The molecule has 0 aromatic rings. The van der Waals surface area contributed by atoms with Gasteiger partial charge in [-0.15, -0.1) is 0 Å². The molecule has 0 amide bonds. The highest BCUT2D eigenvalue weighted by molar-refractivity contribution is 6.53. The smallest absolute Gasteiger partial charge is 0.374 e. The van der Waals surface area contributed by atoms with Crippen LogP contribution in [0.4, 0.5) is 0 Å². The molecule has 8 atom stereocenters. The Morgan fingerprint density at radius 1 is 0.304 bits per heavy atom. The zero-order valence-corrected chi connectivity index (χ0v) is 48.3. The Hall–Kier alpha value is -1.30. The number of unbranched alkanes of at least 4 members (excludes halogenated alkanes) is 4. The molecule has 12 nitrogen and oxygen atoms in total. The topological polar surface area (TPSA) is 111 Å². The summed E-state index contributed by atoms with van der Waals surface area (Å²) in [5, 5.41) is 0. The summed E-state index contributed by atoms with van der Waals surface area (Å²) in [6, 6.07) is 0. The van der Waals surface area contributed by atoms with Crippen molar-refractivity contribution in [2.24, 2.45) is 0 Å². The van der Waals surface area contributed by atoms with Crippen molar-refractivity contribution in [3.8, 4) is 0 Å². The van der Waals surface area contributed by atoms with Gasteiger partial charge in [0.05, 0.1) is 128 Å². The fourth-order valence-electron chi connectivity index (χ4n) is 6.72. The van der Waals surface area contributed by atoms with Crippen molar-refractivity contribution in [3.63, 3.8) is 0 Å². The van der Waals surface area contributed by atoms with E-state index in [0.29, 0.717) is 52.9 Å². The zero-order chi connectivity index (χ0) is 51.7. The first-order valence-corrected chi connectivity index (χ1v) is 29.0. The molecular formula is C56H108O12Si. The van der Waals surface area contributed by atoms with Crippen LogP contribution in [0.25, 0.3) is 0 Å². The lowest BCUT2D eigenvalue weighted by Gasteiger charge is -2.37. The SMILES string of the molecule is CCCC=C(CC)COCC(C)OCC(C)O[Si](OC(C)COC(C)COCC(=CCCC)CC)(OC(C)COC(C)COCC(=CCCC)CC)OC(C)COC(C)COCC(=CCCC)CC. The predicted octanol–water partition coefficient (Wildman–Crippen LogP) is 13.3. The molecule has 0 rings (SSSR count). The van der Waals surface area contributed by atoms with E-state index in [1.54, 1.807) is 0 Å². The van der Waals surface area contributed by atoms with Gasteiger partial charge in [-0.05, 0) is 129 Å². The Morgan fingerprint density at radius 2 is 0.507 bits per heavy atom. The van der Waals surface area contributed by atoms with Gasteiger partial charge in [0.1, 0.15) is 0 Å². The second-order valence-electron chi connectivity index (χ2n) is 18.9. The van der Waals surface area contributed by atoms with Gasteiger partial charge in [0.15, 0.2) is 0 Å². The van der Waals surface area contributed by atoms with Crippen LogP contribution < -0.4 is 0 Å². The molecule has 0 heterocycles. The van der Waals surface area contributed by atoms with E-state index < -0.39 is 33.5 Å². The van der Waals surface area contributed by atoms with Gasteiger partial charge < -0.3 is 55.6 Å². The van der Waals surface area contributed by atoms with Gasteiger partial charge in [-0.1, -0.05) is 105 Å². The quantitative estimate of drug-likeness (QED) is 0.0427. The van der Waals surface area contributed by atoms with Gasteiger partial charge in [0.25, 0.3) is 0 Å². The van der Waals surface area contributed by atoms with Crippen LogP contribution in [0.2, 0.25) is 0 Å². The lowest BCUT2D eigenvalue weighted by Crippen LogP contribution is -2.58. The van der Waals surface area contributed by atoms with Gasteiger partial charge in [0.2, 0.25) is 0 Å². The second-order valence-corrected chi connectivity index (χ2v) is 20.8.